The van der Waals surface area contributed by atoms with Crippen molar-refractivity contribution in [2.45, 2.75) is 18.9 Å². The van der Waals surface area contributed by atoms with E-state index in [1.807, 2.05) is 11.6 Å². The van der Waals surface area contributed by atoms with Crippen LogP contribution in [0.2, 0.25) is 0 Å². The van der Waals surface area contributed by atoms with Gasteiger partial charge in [0.2, 0.25) is 0 Å². The Morgan fingerprint density at radius 2 is 1.81 bits per heavy atom. The average molecular weight is 385 g/mol. The van der Waals surface area contributed by atoms with Gasteiger partial charge in [-0.3, -0.25) is 9.89 Å². The topological polar surface area (TPSA) is 61.0 Å². The van der Waals surface area contributed by atoms with E-state index in [-0.39, 0.29) is 0 Å². The highest BCUT2D eigenvalue weighted by Gasteiger charge is 2.24. The zero-order chi connectivity index (χ0) is 18.5. The third-order valence-electron chi connectivity index (χ3n) is 5.49. The summed E-state index contributed by atoms with van der Waals surface area (Å²) in [7, 11) is 0. The summed E-state index contributed by atoms with van der Waals surface area (Å²) in [5.74, 6) is 0.675. The maximum Gasteiger partial charge on any atom is 0.191 e. The van der Waals surface area contributed by atoms with Crippen LogP contribution in [0.3, 0.4) is 0 Å². The van der Waals surface area contributed by atoms with Gasteiger partial charge in [0.1, 0.15) is 0 Å². The van der Waals surface area contributed by atoms with Gasteiger partial charge >= 0.3 is 0 Å². The first-order valence-electron chi connectivity index (χ1n) is 9.79. The molecule has 0 saturated carbocycles. The number of aliphatic imine (C=N–C) groups is 1. The Balaban J connectivity index is 1.38. The molecule has 2 aliphatic heterocycles. The van der Waals surface area contributed by atoms with Gasteiger partial charge in [0.25, 0.3) is 0 Å². The molecule has 2 fully saturated rings. The number of nitrogens with zero attached hydrogens (tertiary/aromatic N) is 5. The Labute approximate surface area is 165 Å². The molecule has 0 radical (unpaired) electrons. The Kier molecular flexibility index (Phi) is 5.89. The van der Waals surface area contributed by atoms with Crippen LogP contribution in [0.25, 0.3) is 0 Å². The van der Waals surface area contributed by atoms with Gasteiger partial charge in [-0.2, -0.15) is 0 Å². The average Bonchev–Trinajstić information content (AvgIpc) is 3.43. The molecule has 1 aromatic carbocycles. The molecule has 0 aliphatic carbocycles. The molecule has 7 heteroatoms. The smallest absolute Gasteiger partial charge is 0.191 e. The van der Waals surface area contributed by atoms with Crippen molar-refractivity contribution in [3.63, 3.8) is 0 Å². The number of thiazole rings is 1. The van der Waals surface area contributed by atoms with Crippen molar-refractivity contribution in [1.82, 2.24) is 14.8 Å². The Morgan fingerprint density at radius 3 is 2.48 bits per heavy atom. The van der Waals surface area contributed by atoms with Crippen molar-refractivity contribution < 1.29 is 0 Å². The van der Waals surface area contributed by atoms with Crippen molar-refractivity contribution in [2.75, 3.05) is 50.7 Å². The van der Waals surface area contributed by atoms with Gasteiger partial charge in [0.15, 0.2) is 11.1 Å². The van der Waals surface area contributed by atoms with E-state index in [0.29, 0.717) is 12.0 Å². The number of nitrogens with two attached hydrogens (primary N) is 1. The summed E-state index contributed by atoms with van der Waals surface area (Å²) in [6.45, 7) is 6.71. The molecule has 2 saturated heterocycles. The predicted octanol–water partition coefficient (Wildman–Crippen LogP) is 2.42. The SMILES string of the molecule is NC(=NCC(c1ccccc1)N1CCCC1)N1CCN(c2nccs2)CC1. The van der Waals surface area contributed by atoms with Crippen LogP contribution in [0.1, 0.15) is 24.4 Å². The summed E-state index contributed by atoms with van der Waals surface area (Å²) in [6, 6.07) is 11.0. The molecule has 1 aromatic heterocycles. The van der Waals surface area contributed by atoms with Crippen LogP contribution in [-0.2, 0) is 0 Å². The highest BCUT2D eigenvalue weighted by molar-refractivity contribution is 7.13. The van der Waals surface area contributed by atoms with E-state index in [4.69, 9.17) is 10.7 Å². The molecule has 3 heterocycles. The Hall–Kier alpha value is -2.12. The van der Waals surface area contributed by atoms with E-state index >= 15 is 0 Å². The lowest BCUT2D eigenvalue weighted by Gasteiger charge is -2.35. The minimum atomic E-state index is 0.323. The van der Waals surface area contributed by atoms with Crippen LogP contribution in [0.15, 0.2) is 46.9 Å². The van der Waals surface area contributed by atoms with Crippen LogP contribution >= 0.6 is 11.3 Å². The van der Waals surface area contributed by atoms with Crippen molar-refractivity contribution in [3.05, 3.63) is 47.5 Å². The molecule has 0 spiro atoms. The normalized spacial score (nSPS) is 20.2. The molecular weight excluding hydrogens is 356 g/mol. The minimum Gasteiger partial charge on any atom is -0.370 e. The summed E-state index contributed by atoms with van der Waals surface area (Å²) in [6.07, 6.45) is 4.42. The van der Waals surface area contributed by atoms with Gasteiger partial charge in [0, 0.05) is 37.8 Å². The number of aromatic nitrogens is 1. The Morgan fingerprint density at radius 1 is 1.07 bits per heavy atom. The number of hydrogen-bond acceptors (Lipinski definition) is 5. The molecule has 6 nitrogen and oxygen atoms in total. The number of rotatable bonds is 5. The molecule has 0 bridgehead atoms. The van der Waals surface area contributed by atoms with E-state index in [1.54, 1.807) is 11.3 Å². The second-order valence-electron chi connectivity index (χ2n) is 7.16. The fourth-order valence-corrected chi connectivity index (χ4v) is 4.64. The van der Waals surface area contributed by atoms with Crippen LogP contribution < -0.4 is 10.6 Å². The summed E-state index contributed by atoms with van der Waals surface area (Å²) < 4.78 is 0. The lowest BCUT2D eigenvalue weighted by Crippen LogP contribution is -2.51. The van der Waals surface area contributed by atoms with Crippen LogP contribution in [0, 0.1) is 0 Å². The molecule has 2 aliphatic rings. The number of guanidine groups is 1. The van der Waals surface area contributed by atoms with Crippen molar-refractivity contribution in [1.29, 1.82) is 0 Å². The van der Waals surface area contributed by atoms with Crippen LogP contribution in [0.5, 0.6) is 0 Å². The van der Waals surface area contributed by atoms with E-state index in [1.165, 1.54) is 18.4 Å². The number of benzene rings is 1. The molecule has 144 valence electrons. The summed E-state index contributed by atoms with van der Waals surface area (Å²) >= 11 is 1.69. The maximum absolute atomic E-state index is 6.36. The molecule has 1 unspecified atom stereocenters. The summed E-state index contributed by atoms with van der Waals surface area (Å²) in [5, 5.41) is 3.13. The van der Waals surface area contributed by atoms with Gasteiger partial charge in [0.05, 0.1) is 12.6 Å². The van der Waals surface area contributed by atoms with Crippen molar-refractivity contribution in [3.8, 4) is 0 Å². The van der Waals surface area contributed by atoms with Gasteiger partial charge in [-0.15, -0.1) is 11.3 Å². The fraction of sp³-hybridized carbons (Fsp3) is 0.500. The lowest BCUT2D eigenvalue weighted by atomic mass is 10.1. The second kappa shape index (κ2) is 8.71. The third-order valence-corrected chi connectivity index (χ3v) is 6.32. The zero-order valence-corrected chi connectivity index (χ0v) is 16.5. The summed E-state index contributed by atoms with van der Waals surface area (Å²) in [5.41, 5.74) is 7.70. The number of likely N-dealkylation sites (tertiary alicyclic amines) is 1. The number of anilines is 1. The van der Waals surface area contributed by atoms with E-state index < -0.39 is 0 Å². The second-order valence-corrected chi connectivity index (χ2v) is 8.03. The van der Waals surface area contributed by atoms with Crippen LogP contribution in [-0.4, -0.2) is 66.6 Å². The zero-order valence-electron chi connectivity index (χ0n) is 15.7. The monoisotopic (exact) mass is 384 g/mol. The largest absolute Gasteiger partial charge is 0.370 e. The highest BCUT2D eigenvalue weighted by atomic mass is 32.1. The minimum absolute atomic E-state index is 0.323. The number of piperazine rings is 1. The van der Waals surface area contributed by atoms with Gasteiger partial charge in [-0.25, -0.2) is 4.98 Å². The number of hydrogen-bond donors (Lipinski definition) is 1. The Bertz CT molecular complexity index is 718. The fourth-order valence-electron chi connectivity index (χ4n) is 3.94. The standard InChI is InChI=1S/C20H28N6S/c21-19(25-11-13-26(14-12-25)20-22-8-15-27-20)23-16-18(24-9-4-5-10-24)17-6-2-1-3-7-17/h1-3,6-8,15,18H,4-5,9-14,16H2,(H2,21,23). The van der Waals surface area contributed by atoms with Crippen LogP contribution in [0.4, 0.5) is 5.13 Å². The highest BCUT2D eigenvalue weighted by Crippen LogP contribution is 2.25. The quantitative estimate of drug-likeness (QED) is 0.634. The molecule has 1 atom stereocenters. The molecule has 4 rings (SSSR count). The molecule has 2 aromatic rings. The molecule has 0 amide bonds. The van der Waals surface area contributed by atoms with E-state index in [2.05, 4.69) is 50.0 Å². The van der Waals surface area contributed by atoms with E-state index in [9.17, 15) is 0 Å². The van der Waals surface area contributed by atoms with Gasteiger partial charge < -0.3 is 15.5 Å². The first-order chi connectivity index (χ1) is 13.3. The van der Waals surface area contributed by atoms with E-state index in [0.717, 1.165) is 50.9 Å². The first kappa shape index (κ1) is 18.3. The van der Waals surface area contributed by atoms with Crippen molar-refractivity contribution in [2.24, 2.45) is 10.7 Å². The molecular formula is C20H28N6S. The molecule has 2 N–H and O–H groups in total. The van der Waals surface area contributed by atoms with Gasteiger partial charge in [-0.05, 0) is 31.5 Å². The summed E-state index contributed by atoms with van der Waals surface area (Å²) in [4.78, 5) is 16.3. The predicted molar refractivity (Wildman–Crippen MR) is 112 cm³/mol. The third kappa shape index (κ3) is 4.42. The van der Waals surface area contributed by atoms with Crippen molar-refractivity contribution >= 4 is 22.4 Å². The lowest BCUT2D eigenvalue weighted by molar-refractivity contribution is 0.251. The van der Waals surface area contributed by atoms with Gasteiger partial charge in [-0.1, -0.05) is 30.3 Å². The maximum atomic E-state index is 6.36. The first-order valence-corrected chi connectivity index (χ1v) is 10.7. The molecule has 27 heavy (non-hydrogen) atoms.